The van der Waals surface area contributed by atoms with E-state index in [1.165, 1.54) is 0 Å². The molecule has 0 heterocycles. The van der Waals surface area contributed by atoms with Gasteiger partial charge in [0.1, 0.15) is 0 Å². The minimum atomic E-state index is -6.44. The second kappa shape index (κ2) is 3.54. The van der Waals surface area contributed by atoms with Crippen LogP contribution in [0.5, 0.6) is 0 Å². The fourth-order valence-electron chi connectivity index (χ4n) is 0.349. The van der Waals surface area contributed by atoms with Gasteiger partial charge in [0.2, 0.25) is 11.7 Å². The zero-order chi connectivity index (χ0) is 11.7. The van der Waals surface area contributed by atoms with E-state index >= 15 is 0 Å². The third-order valence-corrected chi connectivity index (χ3v) is 0.997. The zero-order valence-electron chi connectivity index (χ0n) is 5.93. The SMILES string of the molecule is O=C(F)C(F)=C(F)C(F)(F)C(F)(F)F. The average molecular weight is 228 g/mol. The molecule has 0 aliphatic carbocycles. The van der Waals surface area contributed by atoms with Crippen LogP contribution in [0.15, 0.2) is 11.7 Å². The maximum absolute atomic E-state index is 11.9. The average Bonchev–Trinajstić information content (AvgIpc) is 1.99. The standard InChI is InChI=1S/C5F8O/c6-1(3(8)14)2(7)4(9,10)5(11,12)13. The molecule has 0 aromatic rings. The topological polar surface area (TPSA) is 17.1 Å². The quantitative estimate of drug-likeness (QED) is 0.403. The van der Waals surface area contributed by atoms with E-state index < -0.39 is 29.8 Å². The van der Waals surface area contributed by atoms with Crippen LogP contribution in [-0.4, -0.2) is 18.1 Å². The van der Waals surface area contributed by atoms with Crippen molar-refractivity contribution in [3.05, 3.63) is 11.7 Å². The first-order valence-electron chi connectivity index (χ1n) is 2.72. The van der Waals surface area contributed by atoms with E-state index in [4.69, 9.17) is 0 Å². The van der Waals surface area contributed by atoms with Crippen molar-refractivity contribution in [2.45, 2.75) is 12.1 Å². The minimum absolute atomic E-state index is 3.34. The van der Waals surface area contributed by atoms with Gasteiger partial charge in [-0.05, 0) is 0 Å². The van der Waals surface area contributed by atoms with Gasteiger partial charge in [-0.3, -0.25) is 4.79 Å². The molecule has 0 N–H and O–H groups in total. The molecule has 0 unspecified atom stereocenters. The van der Waals surface area contributed by atoms with Crippen molar-refractivity contribution in [2.75, 3.05) is 0 Å². The molecule has 9 heteroatoms. The normalized spacial score (nSPS) is 15.1. The third kappa shape index (κ3) is 2.20. The third-order valence-electron chi connectivity index (χ3n) is 0.997. The molecule has 0 aromatic heterocycles. The lowest BCUT2D eigenvalue weighted by molar-refractivity contribution is -0.271. The molecular weight excluding hydrogens is 228 g/mol. The number of carbonyl (C=O) groups excluding carboxylic acids is 1. The van der Waals surface area contributed by atoms with Crippen molar-refractivity contribution in [2.24, 2.45) is 0 Å². The zero-order valence-corrected chi connectivity index (χ0v) is 5.93. The first-order chi connectivity index (χ1) is 6.01. The van der Waals surface area contributed by atoms with Crippen molar-refractivity contribution in [3.63, 3.8) is 0 Å². The smallest absolute Gasteiger partial charge is 0.253 e. The second-order valence-electron chi connectivity index (χ2n) is 1.97. The molecule has 0 aliphatic rings. The molecule has 1 nitrogen and oxygen atoms in total. The van der Waals surface area contributed by atoms with Gasteiger partial charge >= 0.3 is 18.1 Å². The molecule has 0 atom stereocenters. The van der Waals surface area contributed by atoms with Crippen molar-refractivity contribution in [3.8, 4) is 0 Å². The van der Waals surface area contributed by atoms with E-state index in [0.717, 1.165) is 0 Å². The number of carbonyl (C=O) groups is 1. The van der Waals surface area contributed by atoms with Crippen LogP contribution in [0.3, 0.4) is 0 Å². The lowest BCUT2D eigenvalue weighted by Crippen LogP contribution is -2.37. The molecule has 0 rings (SSSR count). The molecule has 0 spiro atoms. The molecule has 0 amide bonds. The summed E-state index contributed by atoms with van der Waals surface area (Å²) in [6.45, 7) is 0. The lowest BCUT2D eigenvalue weighted by atomic mass is 10.2. The Balaban J connectivity index is 5.33. The monoisotopic (exact) mass is 228 g/mol. The van der Waals surface area contributed by atoms with E-state index in [-0.39, 0.29) is 0 Å². The molecule has 0 radical (unpaired) electrons. The molecule has 0 aromatic carbocycles. The van der Waals surface area contributed by atoms with Crippen LogP contribution >= 0.6 is 0 Å². The van der Waals surface area contributed by atoms with Gasteiger partial charge in [0.25, 0.3) is 0 Å². The predicted molar refractivity (Wildman–Crippen MR) is 26.4 cm³/mol. The van der Waals surface area contributed by atoms with Gasteiger partial charge in [0.15, 0.2) is 0 Å². The van der Waals surface area contributed by atoms with Crippen molar-refractivity contribution < 1.29 is 39.9 Å². The summed E-state index contributed by atoms with van der Waals surface area (Å²) in [5.41, 5.74) is 0. The highest BCUT2D eigenvalue weighted by Crippen LogP contribution is 2.43. The molecule has 0 aliphatic heterocycles. The van der Waals surface area contributed by atoms with Gasteiger partial charge < -0.3 is 0 Å². The summed E-state index contributed by atoms with van der Waals surface area (Å²) in [6, 6.07) is -3.34. The Morgan fingerprint density at radius 3 is 1.43 bits per heavy atom. The fourth-order valence-corrected chi connectivity index (χ4v) is 0.349. The number of halogens is 8. The van der Waals surface area contributed by atoms with E-state index in [1.54, 1.807) is 0 Å². The van der Waals surface area contributed by atoms with Gasteiger partial charge in [0, 0.05) is 0 Å². The van der Waals surface area contributed by atoms with Gasteiger partial charge in [-0.15, -0.1) is 0 Å². The van der Waals surface area contributed by atoms with Gasteiger partial charge in [-0.1, -0.05) is 0 Å². The van der Waals surface area contributed by atoms with Gasteiger partial charge in [-0.25, -0.2) is 4.39 Å². The van der Waals surface area contributed by atoms with Crippen molar-refractivity contribution >= 4 is 6.04 Å². The number of alkyl halides is 5. The van der Waals surface area contributed by atoms with Crippen LogP contribution in [0.2, 0.25) is 0 Å². The minimum Gasteiger partial charge on any atom is -0.253 e. The Hall–Kier alpha value is -1.15. The lowest BCUT2D eigenvalue weighted by Gasteiger charge is -2.17. The van der Waals surface area contributed by atoms with Gasteiger partial charge in [-0.2, -0.15) is 30.7 Å². The fraction of sp³-hybridized carbons (Fsp3) is 0.400. The summed E-state index contributed by atoms with van der Waals surface area (Å²) in [7, 11) is 0. The Labute approximate surface area is 71.0 Å². The largest absolute Gasteiger partial charge is 0.460 e. The van der Waals surface area contributed by atoms with Crippen LogP contribution in [0.25, 0.3) is 0 Å². The summed E-state index contributed by atoms with van der Waals surface area (Å²) in [5, 5.41) is 0. The molecule has 0 saturated heterocycles. The predicted octanol–water partition coefficient (Wildman–Crippen LogP) is 2.83. The van der Waals surface area contributed by atoms with Gasteiger partial charge in [0.05, 0.1) is 0 Å². The molecule has 14 heavy (non-hydrogen) atoms. The maximum atomic E-state index is 11.9. The highest BCUT2D eigenvalue weighted by molar-refractivity contribution is 5.85. The van der Waals surface area contributed by atoms with Crippen LogP contribution in [0, 0.1) is 0 Å². The molecule has 0 saturated carbocycles. The summed E-state index contributed by atoms with van der Waals surface area (Å²) in [4.78, 5) is 9.32. The van der Waals surface area contributed by atoms with E-state index in [0.29, 0.717) is 0 Å². The van der Waals surface area contributed by atoms with Crippen LogP contribution in [-0.2, 0) is 4.79 Å². The Bertz CT molecular complexity index is 274. The Morgan fingerprint density at radius 1 is 0.857 bits per heavy atom. The maximum Gasteiger partial charge on any atom is 0.460 e. The van der Waals surface area contributed by atoms with Crippen LogP contribution < -0.4 is 0 Å². The van der Waals surface area contributed by atoms with Crippen LogP contribution in [0.1, 0.15) is 0 Å². The molecule has 82 valence electrons. The number of hydrogen-bond donors (Lipinski definition) is 0. The van der Waals surface area contributed by atoms with Crippen LogP contribution in [0.4, 0.5) is 35.1 Å². The second-order valence-corrected chi connectivity index (χ2v) is 1.97. The first-order valence-corrected chi connectivity index (χ1v) is 2.72. The Morgan fingerprint density at radius 2 is 1.21 bits per heavy atom. The summed E-state index contributed by atoms with van der Waals surface area (Å²) >= 11 is 0. The number of hydrogen-bond acceptors (Lipinski definition) is 1. The molecular formula is C5F8O. The summed E-state index contributed by atoms with van der Waals surface area (Å²) in [5.74, 6) is -13.4. The van der Waals surface area contributed by atoms with Crippen molar-refractivity contribution in [1.29, 1.82) is 0 Å². The summed E-state index contributed by atoms with van der Waals surface area (Å²) < 4.78 is 92.4. The van der Waals surface area contributed by atoms with E-state index in [2.05, 4.69) is 0 Å². The first kappa shape index (κ1) is 12.8. The highest BCUT2D eigenvalue weighted by Gasteiger charge is 2.63. The highest BCUT2D eigenvalue weighted by atomic mass is 19.4. The molecule has 0 bridgehead atoms. The summed E-state index contributed by atoms with van der Waals surface area (Å²) in [6.07, 6.45) is -6.44. The Kier molecular flexibility index (Phi) is 3.25. The van der Waals surface area contributed by atoms with Crippen molar-refractivity contribution in [1.82, 2.24) is 0 Å². The van der Waals surface area contributed by atoms with E-state index in [1.807, 2.05) is 0 Å². The molecule has 0 fully saturated rings. The number of allylic oxidation sites excluding steroid dienone is 2. The number of rotatable bonds is 2. The van der Waals surface area contributed by atoms with E-state index in [9.17, 15) is 39.9 Å².